The van der Waals surface area contributed by atoms with Gasteiger partial charge in [-0.2, -0.15) is 4.39 Å². The summed E-state index contributed by atoms with van der Waals surface area (Å²) in [7, 11) is 0. The highest BCUT2D eigenvalue weighted by molar-refractivity contribution is 5.90. The minimum absolute atomic E-state index is 0.00593. The van der Waals surface area contributed by atoms with Crippen molar-refractivity contribution in [1.82, 2.24) is 19.9 Å². The average molecular weight is 617 g/mol. The van der Waals surface area contributed by atoms with E-state index in [4.69, 9.17) is 23.7 Å². The van der Waals surface area contributed by atoms with Gasteiger partial charge in [0, 0.05) is 43.4 Å². The molecule has 0 spiro atoms. The maximum Gasteiger partial charge on any atom is 0.340 e. The van der Waals surface area contributed by atoms with Gasteiger partial charge in [0.25, 0.3) is 0 Å². The first kappa shape index (κ1) is 30.8. The lowest BCUT2D eigenvalue weighted by Crippen LogP contribution is -2.50. The molecule has 1 saturated heterocycles. The number of pyridine rings is 4. The number of hydrogen-bond acceptors (Lipinski definition) is 13. The van der Waals surface area contributed by atoms with Crippen molar-refractivity contribution in [1.29, 1.82) is 0 Å². The van der Waals surface area contributed by atoms with Gasteiger partial charge in [-0.15, -0.1) is 0 Å². The molecule has 13 nitrogen and oxygen atoms in total. The Balaban J connectivity index is 1.45. The largest absolute Gasteiger partial charge is 0.488 e. The zero-order valence-electron chi connectivity index (χ0n) is 23.4. The number of aromatic nitrogens is 4. The molecule has 0 unspecified atom stereocenters. The van der Waals surface area contributed by atoms with Crippen LogP contribution in [0.3, 0.4) is 0 Å². The molecule has 0 aliphatic carbocycles. The van der Waals surface area contributed by atoms with Gasteiger partial charge in [-0.1, -0.05) is 6.58 Å². The molecule has 0 bridgehead atoms. The molecule has 1 fully saturated rings. The van der Waals surface area contributed by atoms with Crippen LogP contribution in [-0.4, -0.2) is 80.3 Å². The average Bonchev–Trinajstić information content (AvgIpc) is 3.33. The highest BCUT2D eigenvalue weighted by atomic mass is 19.1. The molecule has 0 aromatic carbocycles. The molecule has 1 N–H and O–H groups in total. The molecule has 4 aromatic rings. The van der Waals surface area contributed by atoms with E-state index in [1.54, 1.807) is 0 Å². The van der Waals surface area contributed by atoms with Gasteiger partial charge < -0.3 is 28.8 Å². The van der Waals surface area contributed by atoms with Crippen LogP contribution in [0.25, 0.3) is 5.76 Å². The summed E-state index contributed by atoms with van der Waals surface area (Å²) in [5.74, 6) is -6.31. The number of nitrogens with zero attached hydrogens (tertiary/aromatic N) is 4. The van der Waals surface area contributed by atoms with Crippen LogP contribution >= 0.6 is 0 Å². The van der Waals surface area contributed by atoms with Crippen molar-refractivity contribution in [3.05, 3.63) is 127 Å². The first-order valence-corrected chi connectivity index (χ1v) is 13.4. The summed E-state index contributed by atoms with van der Waals surface area (Å²) < 4.78 is 42.4. The third kappa shape index (κ3) is 7.31. The van der Waals surface area contributed by atoms with Gasteiger partial charge >= 0.3 is 17.9 Å². The number of ether oxygens (including phenoxy) is 5. The fraction of sp³-hybridized carbons (Fsp3) is 0.194. The van der Waals surface area contributed by atoms with Crippen LogP contribution in [0.2, 0.25) is 0 Å². The highest BCUT2D eigenvalue weighted by Crippen LogP contribution is 2.36. The molecule has 45 heavy (non-hydrogen) atoms. The van der Waals surface area contributed by atoms with Gasteiger partial charge in [0.05, 0.1) is 22.3 Å². The van der Waals surface area contributed by atoms with Crippen LogP contribution in [0.15, 0.2) is 98.5 Å². The zero-order chi connectivity index (χ0) is 31.8. The molecule has 1 aliphatic rings. The highest BCUT2D eigenvalue weighted by Gasteiger charge is 2.60. The van der Waals surface area contributed by atoms with E-state index in [0.717, 1.165) is 0 Å². The molecular formula is C31H25FN4O9. The predicted octanol–water partition coefficient (Wildman–Crippen LogP) is 2.79. The second kappa shape index (κ2) is 13.8. The van der Waals surface area contributed by atoms with Gasteiger partial charge in [0.2, 0.25) is 11.7 Å². The number of halogens is 1. The summed E-state index contributed by atoms with van der Waals surface area (Å²) in [5, 5.41) is 11.8. The van der Waals surface area contributed by atoms with E-state index >= 15 is 0 Å². The van der Waals surface area contributed by atoms with Gasteiger partial charge in [-0.05, 0) is 48.5 Å². The molecule has 1 aliphatic heterocycles. The summed E-state index contributed by atoms with van der Waals surface area (Å²) in [6.45, 7) is 2.32. The Morgan fingerprint density at radius 2 is 1.38 bits per heavy atom. The summed E-state index contributed by atoms with van der Waals surface area (Å²) in [6.07, 6.45) is 4.62. The van der Waals surface area contributed by atoms with Crippen molar-refractivity contribution < 1.29 is 47.6 Å². The maximum atomic E-state index is 14.3. The second-order valence-electron chi connectivity index (χ2n) is 9.57. The monoisotopic (exact) mass is 616 g/mol. The number of carbonyl (C=O) groups is 3. The number of hydrogen-bond donors (Lipinski definition) is 1. The van der Waals surface area contributed by atoms with Crippen molar-refractivity contribution in [3.8, 4) is 0 Å². The van der Waals surface area contributed by atoms with Gasteiger partial charge in [-0.25, -0.2) is 19.4 Å². The quantitative estimate of drug-likeness (QED) is 0.113. The SMILES string of the molecule is C=C(OC[C@@]1(O)O[C@H](COC(=O)c2cccnc2)[C@@H](OC(=O)c2cccnc2)[C@@H]1OC(=O)c1cccnc1)c1cccnc1F. The summed E-state index contributed by atoms with van der Waals surface area (Å²) in [6, 6.07) is 11.6. The summed E-state index contributed by atoms with van der Waals surface area (Å²) >= 11 is 0. The standard InChI is InChI=1S/C31H25FN4O9/c1-19(23-9-5-13-36-27(23)32)42-18-31(40)26(44-30(39)22-8-4-12-35-16-22)25(43-29(38)21-7-3-11-34-15-21)24(45-31)17-41-28(37)20-6-2-10-33-14-20/h2-16,24-26,40H,1,17-18H2/t24-,25-,26+,31-/m1/s1. The van der Waals surface area contributed by atoms with Gasteiger partial charge in [0.1, 0.15) is 25.1 Å². The lowest BCUT2D eigenvalue weighted by atomic mass is 10.0. The number of esters is 3. The van der Waals surface area contributed by atoms with Crippen molar-refractivity contribution in [2.75, 3.05) is 13.2 Å². The molecule has 230 valence electrons. The van der Waals surface area contributed by atoms with E-state index in [2.05, 4.69) is 26.5 Å². The van der Waals surface area contributed by atoms with E-state index in [9.17, 15) is 23.9 Å². The number of carbonyl (C=O) groups excluding carboxylic acids is 3. The molecule has 0 radical (unpaired) electrons. The van der Waals surface area contributed by atoms with E-state index in [-0.39, 0.29) is 28.0 Å². The second-order valence-corrected chi connectivity index (χ2v) is 9.57. The van der Waals surface area contributed by atoms with E-state index in [1.165, 1.54) is 91.9 Å². The third-order valence-corrected chi connectivity index (χ3v) is 6.53. The Kier molecular flexibility index (Phi) is 9.46. The lowest BCUT2D eigenvalue weighted by molar-refractivity contribution is -0.246. The van der Waals surface area contributed by atoms with E-state index < -0.39 is 61.2 Å². The minimum Gasteiger partial charge on any atom is -0.488 e. The summed E-state index contributed by atoms with van der Waals surface area (Å²) in [5.41, 5.74) is 0.0521. The molecule has 14 heteroatoms. The topological polar surface area (TPSA) is 169 Å². The molecule has 5 heterocycles. The van der Waals surface area contributed by atoms with Crippen LogP contribution in [-0.2, 0) is 23.7 Å². The Labute approximate surface area is 255 Å². The smallest absolute Gasteiger partial charge is 0.340 e. The van der Waals surface area contributed by atoms with Crippen LogP contribution in [0.4, 0.5) is 4.39 Å². The predicted molar refractivity (Wildman–Crippen MR) is 150 cm³/mol. The lowest BCUT2D eigenvalue weighted by Gasteiger charge is -2.30. The van der Waals surface area contributed by atoms with Gasteiger partial charge in [0.15, 0.2) is 12.2 Å². The van der Waals surface area contributed by atoms with Crippen molar-refractivity contribution in [2.45, 2.75) is 24.1 Å². The fourth-order valence-corrected chi connectivity index (χ4v) is 4.32. The van der Waals surface area contributed by atoms with E-state index in [1.807, 2.05) is 0 Å². The van der Waals surface area contributed by atoms with Crippen LogP contribution < -0.4 is 0 Å². The Morgan fingerprint density at radius 1 is 0.822 bits per heavy atom. The molecule has 0 saturated carbocycles. The zero-order valence-corrected chi connectivity index (χ0v) is 23.4. The molecule has 0 amide bonds. The maximum absolute atomic E-state index is 14.3. The summed E-state index contributed by atoms with van der Waals surface area (Å²) in [4.78, 5) is 54.2. The van der Waals surface area contributed by atoms with Crippen LogP contribution in [0, 0.1) is 5.95 Å². The Morgan fingerprint density at radius 3 is 1.93 bits per heavy atom. The number of rotatable bonds is 11. The van der Waals surface area contributed by atoms with Gasteiger partial charge in [-0.3, -0.25) is 15.0 Å². The molecule has 4 aromatic heterocycles. The molecule has 4 atom stereocenters. The van der Waals surface area contributed by atoms with Crippen LogP contribution in [0.1, 0.15) is 36.6 Å². The van der Waals surface area contributed by atoms with Crippen molar-refractivity contribution >= 4 is 23.7 Å². The molecule has 5 rings (SSSR count). The van der Waals surface area contributed by atoms with Crippen LogP contribution in [0.5, 0.6) is 0 Å². The first-order chi connectivity index (χ1) is 21.7. The normalized spacial score (nSPS) is 20.5. The third-order valence-electron chi connectivity index (χ3n) is 6.53. The molecular weight excluding hydrogens is 591 g/mol. The Hall–Kier alpha value is -5.60. The first-order valence-electron chi connectivity index (χ1n) is 13.4. The van der Waals surface area contributed by atoms with Crippen molar-refractivity contribution in [3.63, 3.8) is 0 Å². The van der Waals surface area contributed by atoms with Crippen molar-refractivity contribution in [2.24, 2.45) is 0 Å². The Bertz CT molecular complexity index is 1660. The minimum atomic E-state index is -2.54. The fourth-order valence-electron chi connectivity index (χ4n) is 4.32. The van der Waals surface area contributed by atoms with E-state index in [0.29, 0.717) is 0 Å². The number of aliphatic hydroxyl groups is 1.